The summed E-state index contributed by atoms with van der Waals surface area (Å²) in [6.45, 7) is 7.15. The van der Waals surface area contributed by atoms with Crippen LogP contribution in [0.25, 0.3) is 0 Å². The molecule has 2 fully saturated rings. The fourth-order valence-electron chi connectivity index (χ4n) is 2.51. The Labute approximate surface area is 81.7 Å². The van der Waals surface area contributed by atoms with Gasteiger partial charge in [-0.1, -0.05) is 0 Å². The van der Waals surface area contributed by atoms with E-state index in [1.165, 1.54) is 32.4 Å². The maximum absolute atomic E-state index is 3.74. The summed E-state index contributed by atoms with van der Waals surface area (Å²) in [5.74, 6) is 0.945. The Morgan fingerprint density at radius 3 is 2.62 bits per heavy atom. The van der Waals surface area contributed by atoms with Gasteiger partial charge in [0.15, 0.2) is 0 Å². The Kier molecular flexibility index (Phi) is 2.37. The molecule has 1 aliphatic heterocycles. The van der Waals surface area contributed by atoms with Gasteiger partial charge in [0.2, 0.25) is 0 Å². The van der Waals surface area contributed by atoms with Crippen LogP contribution in [0.4, 0.5) is 0 Å². The Balaban J connectivity index is 2.04. The van der Waals surface area contributed by atoms with Crippen LogP contribution in [0, 0.1) is 5.92 Å². The molecular formula is C11H22N2. The molecule has 2 atom stereocenters. The van der Waals surface area contributed by atoms with Crippen LogP contribution in [0.1, 0.15) is 33.1 Å². The quantitative estimate of drug-likeness (QED) is 0.660. The van der Waals surface area contributed by atoms with Gasteiger partial charge in [0, 0.05) is 18.1 Å². The van der Waals surface area contributed by atoms with Crippen LogP contribution in [0.15, 0.2) is 0 Å². The summed E-state index contributed by atoms with van der Waals surface area (Å²) in [6.07, 6.45) is 4.16. The zero-order valence-electron chi connectivity index (χ0n) is 9.14. The number of hydrogen-bond acceptors (Lipinski definition) is 2. The summed E-state index contributed by atoms with van der Waals surface area (Å²) in [6, 6.07) is 0.744. The van der Waals surface area contributed by atoms with Gasteiger partial charge in [0.05, 0.1) is 0 Å². The Bertz CT molecular complexity index is 189. The minimum Gasteiger partial charge on any atom is -0.310 e. The summed E-state index contributed by atoms with van der Waals surface area (Å²) < 4.78 is 0. The molecule has 0 aromatic rings. The van der Waals surface area contributed by atoms with Crippen molar-refractivity contribution in [1.29, 1.82) is 0 Å². The summed E-state index contributed by atoms with van der Waals surface area (Å²) in [7, 11) is 2.26. The van der Waals surface area contributed by atoms with Gasteiger partial charge in [-0.05, 0) is 52.6 Å². The number of nitrogens with one attached hydrogen (secondary N) is 1. The summed E-state index contributed by atoms with van der Waals surface area (Å²) in [5.41, 5.74) is 0.402. The predicted octanol–water partition coefficient (Wildman–Crippen LogP) is 1.47. The van der Waals surface area contributed by atoms with Crippen LogP contribution in [0.5, 0.6) is 0 Å². The molecule has 1 saturated carbocycles. The maximum Gasteiger partial charge on any atom is 0.0308 e. The third kappa shape index (κ3) is 1.89. The molecule has 0 aromatic carbocycles. The lowest BCUT2D eigenvalue weighted by molar-refractivity contribution is 0.196. The minimum absolute atomic E-state index is 0.402. The number of nitrogens with zero attached hydrogens (tertiary/aromatic N) is 1. The maximum atomic E-state index is 3.74. The molecule has 2 aliphatic rings. The number of likely N-dealkylation sites (N-methyl/N-ethyl adjacent to an activating group) is 1. The zero-order valence-corrected chi connectivity index (χ0v) is 9.14. The topological polar surface area (TPSA) is 15.3 Å². The Morgan fingerprint density at radius 1 is 1.31 bits per heavy atom. The smallest absolute Gasteiger partial charge is 0.0308 e. The van der Waals surface area contributed by atoms with Crippen molar-refractivity contribution in [1.82, 2.24) is 10.2 Å². The van der Waals surface area contributed by atoms with Crippen molar-refractivity contribution in [3.63, 3.8) is 0 Å². The minimum atomic E-state index is 0.402. The van der Waals surface area contributed by atoms with Crippen molar-refractivity contribution in [2.24, 2.45) is 5.92 Å². The van der Waals surface area contributed by atoms with Crippen molar-refractivity contribution in [3.05, 3.63) is 0 Å². The van der Waals surface area contributed by atoms with Crippen LogP contribution in [-0.2, 0) is 0 Å². The van der Waals surface area contributed by atoms with E-state index in [2.05, 4.69) is 31.1 Å². The summed E-state index contributed by atoms with van der Waals surface area (Å²) in [5, 5.41) is 3.74. The van der Waals surface area contributed by atoms with Crippen molar-refractivity contribution in [3.8, 4) is 0 Å². The Morgan fingerprint density at radius 2 is 2.00 bits per heavy atom. The zero-order chi connectivity index (χ0) is 9.47. The highest BCUT2D eigenvalue weighted by Gasteiger charge is 2.43. The molecule has 13 heavy (non-hydrogen) atoms. The average molecular weight is 182 g/mol. The SMILES string of the molecule is CC1CCNC(C)(C2CC2)CN1C. The predicted molar refractivity (Wildman–Crippen MR) is 55.8 cm³/mol. The third-order valence-corrected chi connectivity index (χ3v) is 3.90. The van der Waals surface area contributed by atoms with Gasteiger partial charge in [-0.25, -0.2) is 0 Å². The highest BCUT2D eigenvalue weighted by molar-refractivity contribution is 5.01. The van der Waals surface area contributed by atoms with Crippen LogP contribution in [0.2, 0.25) is 0 Å². The monoisotopic (exact) mass is 182 g/mol. The van der Waals surface area contributed by atoms with E-state index in [0.717, 1.165) is 12.0 Å². The molecule has 1 N–H and O–H groups in total. The van der Waals surface area contributed by atoms with Gasteiger partial charge >= 0.3 is 0 Å². The van der Waals surface area contributed by atoms with E-state index in [9.17, 15) is 0 Å². The molecule has 0 aromatic heterocycles. The molecule has 1 heterocycles. The number of hydrogen-bond donors (Lipinski definition) is 1. The summed E-state index contributed by atoms with van der Waals surface area (Å²) in [4.78, 5) is 2.51. The highest BCUT2D eigenvalue weighted by atomic mass is 15.2. The molecule has 76 valence electrons. The van der Waals surface area contributed by atoms with E-state index in [0.29, 0.717) is 5.54 Å². The van der Waals surface area contributed by atoms with Gasteiger partial charge in [-0.15, -0.1) is 0 Å². The lowest BCUT2D eigenvalue weighted by Gasteiger charge is -2.33. The second-order valence-corrected chi connectivity index (χ2v) is 5.17. The normalized spacial score (nSPS) is 43.2. The van der Waals surface area contributed by atoms with Gasteiger partial charge in [-0.3, -0.25) is 0 Å². The van der Waals surface area contributed by atoms with Crippen LogP contribution >= 0.6 is 0 Å². The highest BCUT2D eigenvalue weighted by Crippen LogP contribution is 2.40. The molecule has 0 amide bonds. The Hall–Kier alpha value is -0.0800. The first-order valence-corrected chi connectivity index (χ1v) is 5.57. The van der Waals surface area contributed by atoms with Crippen molar-refractivity contribution >= 4 is 0 Å². The van der Waals surface area contributed by atoms with E-state index < -0.39 is 0 Å². The molecule has 2 unspecified atom stereocenters. The van der Waals surface area contributed by atoms with Crippen molar-refractivity contribution in [2.75, 3.05) is 20.1 Å². The van der Waals surface area contributed by atoms with Crippen LogP contribution in [0.3, 0.4) is 0 Å². The standard InChI is InChI=1S/C11H22N2/c1-9-6-7-12-11(2,8-13(9)3)10-4-5-10/h9-10,12H,4-8H2,1-3H3. The van der Waals surface area contributed by atoms with Crippen LogP contribution in [-0.4, -0.2) is 36.6 Å². The molecule has 1 saturated heterocycles. The molecule has 2 rings (SSSR count). The third-order valence-electron chi connectivity index (χ3n) is 3.90. The second kappa shape index (κ2) is 3.25. The lowest BCUT2D eigenvalue weighted by Crippen LogP contribution is -2.50. The average Bonchev–Trinajstić information content (AvgIpc) is 2.84. The van der Waals surface area contributed by atoms with Gasteiger partial charge < -0.3 is 10.2 Å². The van der Waals surface area contributed by atoms with Crippen molar-refractivity contribution in [2.45, 2.75) is 44.7 Å². The number of rotatable bonds is 1. The molecule has 2 nitrogen and oxygen atoms in total. The molecule has 2 heteroatoms. The van der Waals surface area contributed by atoms with E-state index in [1.54, 1.807) is 0 Å². The van der Waals surface area contributed by atoms with Gasteiger partial charge in [0.25, 0.3) is 0 Å². The first-order chi connectivity index (χ1) is 6.12. The fraction of sp³-hybridized carbons (Fsp3) is 1.00. The largest absolute Gasteiger partial charge is 0.310 e. The van der Waals surface area contributed by atoms with Gasteiger partial charge in [-0.2, -0.15) is 0 Å². The molecule has 0 bridgehead atoms. The van der Waals surface area contributed by atoms with E-state index in [-0.39, 0.29) is 0 Å². The second-order valence-electron chi connectivity index (χ2n) is 5.17. The molecule has 0 radical (unpaired) electrons. The fourth-order valence-corrected chi connectivity index (χ4v) is 2.51. The van der Waals surface area contributed by atoms with E-state index in [4.69, 9.17) is 0 Å². The first kappa shape index (κ1) is 9.47. The molecule has 1 aliphatic carbocycles. The summed E-state index contributed by atoms with van der Waals surface area (Å²) >= 11 is 0. The molecular weight excluding hydrogens is 160 g/mol. The first-order valence-electron chi connectivity index (χ1n) is 5.57. The van der Waals surface area contributed by atoms with Crippen molar-refractivity contribution < 1.29 is 0 Å². The molecule has 0 spiro atoms. The lowest BCUT2D eigenvalue weighted by atomic mass is 9.95. The van der Waals surface area contributed by atoms with Gasteiger partial charge in [0.1, 0.15) is 0 Å². The van der Waals surface area contributed by atoms with E-state index in [1.807, 2.05) is 0 Å². The van der Waals surface area contributed by atoms with Crippen LogP contribution < -0.4 is 5.32 Å². The van der Waals surface area contributed by atoms with E-state index >= 15 is 0 Å².